The summed E-state index contributed by atoms with van der Waals surface area (Å²) in [5.41, 5.74) is 0. The molecule has 0 radical (unpaired) electrons. The lowest BCUT2D eigenvalue weighted by Gasteiger charge is -2.15. The van der Waals surface area contributed by atoms with Gasteiger partial charge in [0.2, 0.25) is 0 Å². The van der Waals surface area contributed by atoms with Crippen molar-refractivity contribution in [3.05, 3.63) is 0 Å². The molecule has 0 saturated heterocycles. The molecule has 0 fully saturated rings. The fourth-order valence-electron chi connectivity index (χ4n) is 2.81. The van der Waals surface area contributed by atoms with E-state index in [0.717, 1.165) is 19.3 Å². The Bertz CT molecular complexity index is 348. The summed E-state index contributed by atoms with van der Waals surface area (Å²) in [5.74, 6) is -0.435. The Morgan fingerprint density at radius 1 is 0.786 bits per heavy atom. The van der Waals surface area contributed by atoms with E-state index >= 15 is 0 Å². The Labute approximate surface area is 174 Å². The Balaban J connectivity index is 0. The largest absolute Gasteiger partial charge is 0.466 e. The summed E-state index contributed by atoms with van der Waals surface area (Å²) in [7, 11) is -2.91. The molecule has 6 heteroatoms. The van der Waals surface area contributed by atoms with Gasteiger partial charge in [-0.1, -0.05) is 97.8 Å². The molecule has 0 heterocycles. The molecule has 0 aromatic rings. The molecule has 28 heavy (non-hydrogen) atoms. The highest BCUT2D eigenvalue weighted by Gasteiger charge is 2.19. The zero-order valence-corrected chi connectivity index (χ0v) is 20.0. The van der Waals surface area contributed by atoms with Gasteiger partial charge in [-0.3, -0.25) is 9.36 Å². The lowest BCUT2D eigenvalue weighted by Crippen LogP contribution is -2.19. The van der Waals surface area contributed by atoms with Gasteiger partial charge in [0.1, 0.15) is 0 Å². The van der Waals surface area contributed by atoms with Crippen LogP contribution < -0.4 is 0 Å². The third-order valence-electron chi connectivity index (χ3n) is 4.72. The van der Waals surface area contributed by atoms with Crippen LogP contribution >= 0.6 is 8.25 Å². The van der Waals surface area contributed by atoms with Crippen LogP contribution in [0.15, 0.2) is 0 Å². The van der Waals surface area contributed by atoms with Crippen LogP contribution in [0, 0.1) is 5.92 Å². The Morgan fingerprint density at radius 2 is 1.29 bits per heavy atom. The van der Waals surface area contributed by atoms with Gasteiger partial charge in [0.25, 0.3) is 0 Å². The van der Waals surface area contributed by atoms with Crippen molar-refractivity contribution in [2.75, 3.05) is 13.2 Å². The van der Waals surface area contributed by atoms with Crippen molar-refractivity contribution in [2.45, 2.75) is 118 Å². The van der Waals surface area contributed by atoms with E-state index in [1.807, 2.05) is 0 Å². The smallest absolute Gasteiger partial charge is 0.316 e. The zero-order chi connectivity index (χ0) is 21.5. The quantitative estimate of drug-likeness (QED) is 0.145. The van der Waals surface area contributed by atoms with Crippen molar-refractivity contribution in [2.24, 2.45) is 5.92 Å². The minimum atomic E-state index is -2.91. The van der Waals surface area contributed by atoms with E-state index in [9.17, 15) is 9.36 Å². The predicted molar refractivity (Wildman–Crippen MR) is 119 cm³/mol. The van der Waals surface area contributed by atoms with Crippen LogP contribution in [-0.4, -0.2) is 24.1 Å². The molecule has 1 N–H and O–H groups in total. The molecule has 0 rings (SSSR count). The minimum Gasteiger partial charge on any atom is -0.466 e. The summed E-state index contributed by atoms with van der Waals surface area (Å²) in [6.07, 6.45) is 16.5. The number of ether oxygens (including phenoxy) is 1. The zero-order valence-electron chi connectivity index (χ0n) is 19.0. The van der Waals surface area contributed by atoms with Crippen molar-refractivity contribution in [1.29, 1.82) is 0 Å². The van der Waals surface area contributed by atoms with Crippen molar-refractivity contribution < 1.29 is 23.5 Å². The minimum absolute atomic E-state index is 0.134. The summed E-state index contributed by atoms with van der Waals surface area (Å²) in [4.78, 5) is 20.6. The third-order valence-corrected chi connectivity index (χ3v) is 5.17. The molecular formula is C22H47O5P. The molecule has 5 nitrogen and oxygen atoms in total. The molecule has 0 aromatic heterocycles. The van der Waals surface area contributed by atoms with Crippen LogP contribution in [0.25, 0.3) is 0 Å². The van der Waals surface area contributed by atoms with E-state index in [2.05, 4.69) is 20.8 Å². The highest BCUT2D eigenvalue weighted by molar-refractivity contribution is 7.32. The maximum atomic E-state index is 11.9. The second-order valence-corrected chi connectivity index (χ2v) is 8.14. The summed E-state index contributed by atoms with van der Waals surface area (Å²) < 4.78 is 20.3. The SMILES string of the molecule is CCCC.CCCCCCCCCCCCC(CCO[PH](=O)O)C(=O)OCC. The predicted octanol–water partition coefficient (Wildman–Crippen LogP) is 7.07. The van der Waals surface area contributed by atoms with Crippen molar-refractivity contribution in [1.82, 2.24) is 0 Å². The van der Waals surface area contributed by atoms with Crippen molar-refractivity contribution >= 4 is 14.2 Å². The van der Waals surface area contributed by atoms with E-state index in [-0.39, 0.29) is 18.5 Å². The summed E-state index contributed by atoms with van der Waals surface area (Å²) >= 11 is 0. The van der Waals surface area contributed by atoms with Crippen LogP contribution in [0.2, 0.25) is 0 Å². The molecular weight excluding hydrogens is 375 g/mol. The number of esters is 1. The second kappa shape index (κ2) is 24.7. The van der Waals surface area contributed by atoms with E-state index in [1.54, 1.807) is 6.92 Å². The summed E-state index contributed by atoms with van der Waals surface area (Å²) in [5, 5.41) is 0. The molecule has 0 amide bonds. The molecule has 0 aliphatic heterocycles. The van der Waals surface area contributed by atoms with Gasteiger partial charge in [0.15, 0.2) is 0 Å². The first-order chi connectivity index (χ1) is 13.5. The van der Waals surface area contributed by atoms with Gasteiger partial charge < -0.3 is 14.2 Å². The molecule has 0 saturated carbocycles. The number of unbranched alkanes of at least 4 members (excludes halogenated alkanes) is 10. The first kappa shape index (κ1) is 29.8. The van der Waals surface area contributed by atoms with Gasteiger partial charge >= 0.3 is 14.2 Å². The lowest BCUT2D eigenvalue weighted by atomic mass is 9.97. The lowest BCUT2D eigenvalue weighted by molar-refractivity contribution is -0.148. The molecule has 2 unspecified atom stereocenters. The molecule has 0 spiro atoms. The number of hydrogen-bond acceptors (Lipinski definition) is 4. The third kappa shape index (κ3) is 23.7. The number of rotatable bonds is 18. The van der Waals surface area contributed by atoms with E-state index in [1.165, 1.54) is 64.2 Å². The maximum Gasteiger partial charge on any atom is 0.316 e. The average molecular weight is 423 g/mol. The Hall–Kier alpha value is -0.380. The van der Waals surface area contributed by atoms with Crippen LogP contribution in [0.4, 0.5) is 0 Å². The first-order valence-corrected chi connectivity index (χ1v) is 12.8. The summed E-state index contributed by atoms with van der Waals surface area (Å²) in [6, 6.07) is 0. The van der Waals surface area contributed by atoms with E-state index < -0.39 is 8.25 Å². The molecule has 0 bridgehead atoms. The monoisotopic (exact) mass is 422 g/mol. The van der Waals surface area contributed by atoms with Crippen LogP contribution in [0.3, 0.4) is 0 Å². The average Bonchev–Trinajstić information content (AvgIpc) is 2.68. The molecule has 0 aliphatic rings. The van der Waals surface area contributed by atoms with Crippen molar-refractivity contribution in [3.63, 3.8) is 0 Å². The van der Waals surface area contributed by atoms with Gasteiger partial charge in [-0.05, 0) is 19.8 Å². The van der Waals surface area contributed by atoms with Gasteiger partial charge in [0.05, 0.1) is 19.1 Å². The molecule has 0 aromatic carbocycles. The summed E-state index contributed by atoms with van der Waals surface area (Å²) in [6.45, 7) is 8.89. The fourth-order valence-corrected chi connectivity index (χ4v) is 3.10. The van der Waals surface area contributed by atoms with E-state index in [0.29, 0.717) is 13.0 Å². The fraction of sp³-hybridized carbons (Fsp3) is 0.955. The highest BCUT2D eigenvalue weighted by Crippen LogP contribution is 2.21. The molecule has 2 atom stereocenters. The van der Waals surface area contributed by atoms with E-state index in [4.69, 9.17) is 14.2 Å². The Morgan fingerprint density at radius 3 is 1.71 bits per heavy atom. The standard InChI is InChI=1S/C18H37O5P.C4H10/c1-3-5-6-7-8-9-10-11-12-13-14-17(18(19)22-4-2)15-16-23-24(20)21;1-3-4-2/h17,24H,3-16H2,1-2H3,(H,20,21);3-4H2,1-2H3. The van der Waals surface area contributed by atoms with Gasteiger partial charge in [-0.25, -0.2) is 0 Å². The number of hydrogen-bond donors (Lipinski definition) is 1. The van der Waals surface area contributed by atoms with Gasteiger partial charge in [-0.2, -0.15) is 0 Å². The Kier molecular flexibility index (Phi) is 26.3. The van der Waals surface area contributed by atoms with Gasteiger partial charge in [0, 0.05) is 0 Å². The molecule has 0 aliphatic carbocycles. The number of carbonyl (C=O) groups excluding carboxylic acids is 1. The highest BCUT2D eigenvalue weighted by atomic mass is 31.1. The normalized spacial score (nSPS) is 12.8. The number of carbonyl (C=O) groups is 1. The topological polar surface area (TPSA) is 72.8 Å². The second-order valence-electron chi connectivity index (χ2n) is 7.32. The van der Waals surface area contributed by atoms with Crippen molar-refractivity contribution in [3.8, 4) is 0 Å². The van der Waals surface area contributed by atoms with Gasteiger partial charge in [-0.15, -0.1) is 0 Å². The first-order valence-electron chi connectivity index (χ1n) is 11.6. The maximum absolute atomic E-state index is 11.9. The van der Waals surface area contributed by atoms with Crippen LogP contribution in [-0.2, 0) is 18.6 Å². The van der Waals surface area contributed by atoms with Crippen LogP contribution in [0.1, 0.15) is 118 Å². The van der Waals surface area contributed by atoms with Crippen LogP contribution in [0.5, 0.6) is 0 Å². The molecule has 170 valence electrons.